The van der Waals surface area contributed by atoms with E-state index in [1.54, 1.807) is 0 Å². The average molecular weight is 962 g/mol. The molecule has 10 aromatic rings. The standard InChI is InChI=1S/C54H44N3O2.Pt/c1-53(2,3)38-29-42(51(58)44(30-38)54(4,5)6)52-56-50-40(23-15-25-47(50)57(52)46-24-13-12-22-39(46)33-16-8-7-9-17-33)36-20-14-21-37(26-36)45-31-49-43(32-55-45)41-27-34-18-10-11-19-35(34)28-48(41)59-49;/h7-25,27-32,58H,1-6H3;/q-1;. The molecule has 5 nitrogen and oxygen atoms in total. The van der Waals surface area contributed by atoms with Gasteiger partial charge in [0.25, 0.3) is 0 Å². The minimum absolute atomic E-state index is 0. The van der Waals surface area contributed by atoms with Crippen LogP contribution >= 0.6 is 0 Å². The third-order valence-electron chi connectivity index (χ3n) is 11.5. The van der Waals surface area contributed by atoms with Crippen molar-refractivity contribution in [3.05, 3.63) is 169 Å². The predicted molar refractivity (Wildman–Crippen MR) is 243 cm³/mol. The van der Waals surface area contributed by atoms with Crippen LogP contribution in [0.15, 0.2) is 156 Å². The number of imidazole rings is 1. The van der Waals surface area contributed by atoms with Crippen LogP contribution in [0.3, 0.4) is 0 Å². The summed E-state index contributed by atoms with van der Waals surface area (Å²) in [6.07, 6.45) is 1.91. The average Bonchev–Trinajstić information content (AvgIpc) is 3.80. The van der Waals surface area contributed by atoms with E-state index in [4.69, 9.17) is 14.4 Å². The summed E-state index contributed by atoms with van der Waals surface area (Å²) in [6, 6.07) is 54.0. The first kappa shape index (κ1) is 39.2. The number of pyridine rings is 1. The van der Waals surface area contributed by atoms with Crippen molar-refractivity contribution in [1.29, 1.82) is 0 Å². The molecule has 0 radical (unpaired) electrons. The van der Waals surface area contributed by atoms with Gasteiger partial charge >= 0.3 is 0 Å². The molecule has 0 fully saturated rings. The minimum atomic E-state index is -0.313. The van der Waals surface area contributed by atoms with Crippen LogP contribution in [0.25, 0.3) is 94.3 Å². The molecule has 60 heavy (non-hydrogen) atoms. The van der Waals surface area contributed by atoms with Gasteiger partial charge < -0.3 is 9.52 Å². The molecule has 0 bridgehead atoms. The van der Waals surface area contributed by atoms with E-state index in [1.807, 2.05) is 36.5 Å². The molecule has 3 aromatic heterocycles. The number of phenolic OH excluding ortho intramolecular Hbond substituents is 1. The number of fused-ring (bicyclic) bond motifs is 5. The summed E-state index contributed by atoms with van der Waals surface area (Å²) in [7, 11) is 0. The summed E-state index contributed by atoms with van der Waals surface area (Å²) >= 11 is 0. The van der Waals surface area contributed by atoms with Gasteiger partial charge in [-0.25, -0.2) is 4.98 Å². The SMILES string of the molecule is CC(C)(C)c1cc(-c2nc3c(-c4[c-]c(-c5cc6oc7cc8ccccc8cc7c6cn5)ccc4)cccc3n2-c2ccccc2-c2ccccc2)c(O)c(C(C)(C)C)c1.[Pt]. The van der Waals surface area contributed by atoms with Crippen LogP contribution in [0.2, 0.25) is 0 Å². The molecule has 0 saturated heterocycles. The molecule has 0 unspecified atom stereocenters. The van der Waals surface area contributed by atoms with E-state index in [9.17, 15) is 5.11 Å². The molecule has 0 spiro atoms. The first-order valence-corrected chi connectivity index (χ1v) is 20.2. The van der Waals surface area contributed by atoms with E-state index in [0.29, 0.717) is 11.4 Å². The summed E-state index contributed by atoms with van der Waals surface area (Å²) in [5, 5.41) is 16.6. The Morgan fingerprint density at radius 3 is 2.03 bits per heavy atom. The second kappa shape index (κ2) is 14.8. The van der Waals surface area contributed by atoms with Crippen LogP contribution in [0.5, 0.6) is 5.75 Å². The van der Waals surface area contributed by atoms with Crippen LogP contribution in [-0.2, 0) is 31.9 Å². The first-order chi connectivity index (χ1) is 28.4. The van der Waals surface area contributed by atoms with E-state index in [-0.39, 0.29) is 37.6 Å². The Morgan fingerprint density at radius 1 is 0.600 bits per heavy atom. The third-order valence-corrected chi connectivity index (χ3v) is 11.5. The molecule has 0 aliphatic heterocycles. The normalized spacial score (nSPS) is 12.1. The molecule has 298 valence electrons. The minimum Gasteiger partial charge on any atom is -0.507 e. The summed E-state index contributed by atoms with van der Waals surface area (Å²) in [5.74, 6) is 0.917. The van der Waals surface area contributed by atoms with Crippen molar-refractivity contribution in [2.24, 2.45) is 0 Å². The number of nitrogens with zero attached hydrogens (tertiary/aromatic N) is 3. The van der Waals surface area contributed by atoms with Crippen molar-refractivity contribution in [2.45, 2.75) is 52.4 Å². The van der Waals surface area contributed by atoms with Crippen molar-refractivity contribution in [3.8, 4) is 56.3 Å². The first-order valence-electron chi connectivity index (χ1n) is 20.2. The molecule has 0 saturated carbocycles. The summed E-state index contributed by atoms with van der Waals surface area (Å²) in [6.45, 7) is 13.1. The number of furan rings is 1. The van der Waals surface area contributed by atoms with E-state index >= 15 is 0 Å². The Bertz CT molecular complexity index is 3250. The van der Waals surface area contributed by atoms with Gasteiger partial charge in [-0.05, 0) is 69.1 Å². The van der Waals surface area contributed by atoms with Crippen molar-refractivity contribution in [3.63, 3.8) is 0 Å². The van der Waals surface area contributed by atoms with Crippen LogP contribution in [0.4, 0.5) is 0 Å². The predicted octanol–water partition coefficient (Wildman–Crippen LogP) is 14.2. The Balaban J connectivity index is 0.00000462. The van der Waals surface area contributed by atoms with Gasteiger partial charge in [0.05, 0.1) is 22.3 Å². The van der Waals surface area contributed by atoms with Crippen molar-refractivity contribution < 1.29 is 30.6 Å². The maximum absolute atomic E-state index is 12.3. The number of aromatic nitrogens is 3. The van der Waals surface area contributed by atoms with Crippen molar-refractivity contribution in [2.75, 3.05) is 0 Å². The number of hydrogen-bond donors (Lipinski definition) is 1. The zero-order valence-electron chi connectivity index (χ0n) is 34.4. The van der Waals surface area contributed by atoms with Gasteiger partial charge in [-0.3, -0.25) is 9.55 Å². The van der Waals surface area contributed by atoms with Gasteiger partial charge in [-0.2, -0.15) is 0 Å². The van der Waals surface area contributed by atoms with Crippen LogP contribution in [0.1, 0.15) is 52.7 Å². The molecule has 0 aliphatic carbocycles. The van der Waals surface area contributed by atoms with Crippen LogP contribution < -0.4 is 0 Å². The van der Waals surface area contributed by atoms with Gasteiger partial charge in [0.2, 0.25) is 0 Å². The molecule has 7 aromatic carbocycles. The van der Waals surface area contributed by atoms with E-state index < -0.39 is 0 Å². The number of benzene rings is 7. The number of phenols is 1. The fourth-order valence-corrected chi connectivity index (χ4v) is 8.36. The van der Waals surface area contributed by atoms with Gasteiger partial charge in [0, 0.05) is 54.9 Å². The third kappa shape index (κ3) is 6.72. The van der Waals surface area contributed by atoms with E-state index in [2.05, 4.69) is 167 Å². The fourth-order valence-electron chi connectivity index (χ4n) is 8.36. The molecule has 0 aliphatic rings. The van der Waals surface area contributed by atoms with E-state index in [1.165, 1.54) is 5.39 Å². The number of hydrogen-bond acceptors (Lipinski definition) is 4. The second-order valence-corrected chi connectivity index (χ2v) is 17.6. The summed E-state index contributed by atoms with van der Waals surface area (Å²) in [5.41, 5.74) is 12.2. The zero-order valence-corrected chi connectivity index (χ0v) is 36.7. The molecule has 6 heteroatoms. The molecular weight excluding hydrogens is 918 g/mol. The summed E-state index contributed by atoms with van der Waals surface area (Å²) < 4.78 is 8.64. The molecule has 0 amide bonds. The Morgan fingerprint density at radius 2 is 1.27 bits per heavy atom. The molecular formula is C54H44N3O2Pt-. The van der Waals surface area contributed by atoms with Gasteiger partial charge in [0.15, 0.2) is 0 Å². The second-order valence-electron chi connectivity index (χ2n) is 17.6. The smallest absolute Gasteiger partial charge is 0.148 e. The molecule has 10 rings (SSSR count). The molecule has 3 heterocycles. The maximum atomic E-state index is 12.3. The molecule has 0 atom stereocenters. The van der Waals surface area contributed by atoms with Crippen LogP contribution in [0, 0.1) is 6.07 Å². The van der Waals surface area contributed by atoms with Gasteiger partial charge in [-0.15, -0.1) is 29.8 Å². The van der Waals surface area contributed by atoms with Crippen LogP contribution in [-0.4, -0.2) is 19.6 Å². The monoisotopic (exact) mass is 961 g/mol. The number of aromatic hydroxyl groups is 1. The Hall–Kier alpha value is -6.29. The van der Waals surface area contributed by atoms with E-state index in [0.717, 1.165) is 88.7 Å². The summed E-state index contributed by atoms with van der Waals surface area (Å²) in [4.78, 5) is 10.5. The Kier molecular flexibility index (Phi) is 9.64. The Labute approximate surface area is 364 Å². The van der Waals surface area contributed by atoms with Crippen molar-refractivity contribution in [1.82, 2.24) is 14.5 Å². The fraction of sp³-hybridized carbons (Fsp3) is 0.148. The maximum Gasteiger partial charge on any atom is 0.148 e. The van der Waals surface area contributed by atoms with Gasteiger partial charge in [-0.1, -0.05) is 144 Å². The quantitative estimate of drug-likeness (QED) is 0.175. The largest absolute Gasteiger partial charge is 0.507 e. The van der Waals surface area contributed by atoms with Gasteiger partial charge in [0.1, 0.15) is 22.7 Å². The zero-order chi connectivity index (χ0) is 40.6. The molecule has 1 N–H and O–H groups in total. The number of rotatable bonds is 5. The van der Waals surface area contributed by atoms with Crippen molar-refractivity contribution >= 4 is 43.7 Å². The topological polar surface area (TPSA) is 64.1 Å². The number of para-hydroxylation sites is 2.